The molecule has 0 spiro atoms. The van der Waals surface area contributed by atoms with Crippen LogP contribution in [-0.2, 0) is 14.6 Å². The molecule has 2 rings (SSSR count). The van der Waals surface area contributed by atoms with Crippen LogP contribution in [0.2, 0.25) is 0 Å². The molecule has 1 aliphatic heterocycles. The number of carbonyl (C=O) groups is 1. The van der Waals surface area contributed by atoms with Crippen LogP contribution < -0.4 is 0 Å². The lowest BCUT2D eigenvalue weighted by Gasteiger charge is -2.21. The Morgan fingerprint density at radius 2 is 2.33 bits per heavy atom. The van der Waals surface area contributed by atoms with Crippen molar-refractivity contribution in [3.05, 3.63) is 28.5 Å². The number of likely N-dealkylation sites (N-methyl/N-ethyl adjacent to an activating group) is 1. The molecule has 1 aromatic heterocycles. The van der Waals surface area contributed by atoms with Crippen molar-refractivity contribution >= 4 is 33.2 Å². The summed E-state index contributed by atoms with van der Waals surface area (Å²) in [5, 5.41) is 1.94. The van der Waals surface area contributed by atoms with E-state index in [0.29, 0.717) is 6.42 Å². The van der Waals surface area contributed by atoms with Gasteiger partial charge in [0.25, 0.3) is 0 Å². The molecule has 1 aromatic rings. The fourth-order valence-electron chi connectivity index (χ4n) is 1.92. The van der Waals surface area contributed by atoms with Gasteiger partial charge in [0, 0.05) is 24.0 Å². The standard InChI is InChI=1S/C12H15NO3S2/c1-13(10-6-8-18(15,16)9-10)12(14)5-4-11-3-2-7-17-11/h2-5,7,10H,6,8-9H2,1H3/b5-4+. The van der Waals surface area contributed by atoms with Crippen molar-refractivity contribution in [2.45, 2.75) is 12.5 Å². The van der Waals surface area contributed by atoms with Gasteiger partial charge < -0.3 is 4.90 Å². The highest BCUT2D eigenvalue weighted by Crippen LogP contribution is 2.17. The third kappa shape index (κ3) is 3.20. The molecule has 0 aromatic carbocycles. The molecule has 18 heavy (non-hydrogen) atoms. The molecule has 1 saturated heterocycles. The Morgan fingerprint density at radius 3 is 2.89 bits per heavy atom. The average molecular weight is 285 g/mol. The Hall–Kier alpha value is -1.14. The van der Waals surface area contributed by atoms with Gasteiger partial charge in [0.1, 0.15) is 0 Å². The number of thiophene rings is 1. The molecular weight excluding hydrogens is 270 g/mol. The number of hydrogen-bond acceptors (Lipinski definition) is 4. The predicted molar refractivity (Wildman–Crippen MR) is 73.2 cm³/mol. The van der Waals surface area contributed by atoms with Crippen LogP contribution in [0.4, 0.5) is 0 Å². The third-order valence-electron chi connectivity index (χ3n) is 3.04. The van der Waals surface area contributed by atoms with Gasteiger partial charge in [0.15, 0.2) is 9.84 Å². The zero-order chi connectivity index (χ0) is 13.2. The smallest absolute Gasteiger partial charge is 0.246 e. The lowest BCUT2D eigenvalue weighted by molar-refractivity contribution is -0.126. The molecule has 2 heterocycles. The highest BCUT2D eigenvalue weighted by Gasteiger charge is 2.31. The largest absolute Gasteiger partial charge is 0.338 e. The van der Waals surface area contributed by atoms with Gasteiger partial charge >= 0.3 is 0 Å². The molecular formula is C12H15NO3S2. The minimum Gasteiger partial charge on any atom is -0.338 e. The van der Waals surface area contributed by atoms with Crippen molar-refractivity contribution in [2.24, 2.45) is 0 Å². The van der Waals surface area contributed by atoms with Gasteiger partial charge in [-0.2, -0.15) is 0 Å². The second-order valence-electron chi connectivity index (χ2n) is 4.35. The first-order valence-corrected chi connectivity index (χ1v) is 8.37. The number of carbonyl (C=O) groups excluding carboxylic acids is 1. The number of amides is 1. The van der Waals surface area contributed by atoms with E-state index in [4.69, 9.17) is 0 Å². The average Bonchev–Trinajstić information content (AvgIpc) is 2.94. The SMILES string of the molecule is CN(C(=O)/C=C/c1cccs1)C1CCS(=O)(=O)C1. The quantitative estimate of drug-likeness (QED) is 0.789. The van der Waals surface area contributed by atoms with E-state index >= 15 is 0 Å². The predicted octanol–water partition coefficient (Wildman–Crippen LogP) is 1.41. The highest BCUT2D eigenvalue weighted by molar-refractivity contribution is 7.91. The van der Waals surface area contributed by atoms with Crippen LogP contribution in [0.1, 0.15) is 11.3 Å². The molecule has 1 aliphatic rings. The van der Waals surface area contributed by atoms with Crippen molar-refractivity contribution in [3.63, 3.8) is 0 Å². The normalized spacial score (nSPS) is 22.4. The molecule has 1 amide bonds. The van der Waals surface area contributed by atoms with Crippen molar-refractivity contribution in [3.8, 4) is 0 Å². The summed E-state index contributed by atoms with van der Waals surface area (Å²) < 4.78 is 22.7. The summed E-state index contributed by atoms with van der Waals surface area (Å²) in [5.41, 5.74) is 0. The highest BCUT2D eigenvalue weighted by atomic mass is 32.2. The number of hydrogen-bond donors (Lipinski definition) is 0. The molecule has 1 fully saturated rings. The van der Waals surface area contributed by atoms with Crippen molar-refractivity contribution in [1.29, 1.82) is 0 Å². The van der Waals surface area contributed by atoms with Crippen LogP contribution >= 0.6 is 11.3 Å². The summed E-state index contributed by atoms with van der Waals surface area (Å²) in [6.45, 7) is 0. The number of sulfone groups is 1. The minimum atomic E-state index is -2.95. The second-order valence-corrected chi connectivity index (χ2v) is 7.56. The van der Waals surface area contributed by atoms with E-state index in [2.05, 4.69) is 0 Å². The number of nitrogens with zero attached hydrogens (tertiary/aromatic N) is 1. The van der Waals surface area contributed by atoms with E-state index in [-0.39, 0.29) is 23.5 Å². The fraction of sp³-hybridized carbons (Fsp3) is 0.417. The zero-order valence-electron chi connectivity index (χ0n) is 10.1. The van der Waals surface area contributed by atoms with Crippen LogP contribution in [0.15, 0.2) is 23.6 Å². The monoisotopic (exact) mass is 285 g/mol. The summed E-state index contributed by atoms with van der Waals surface area (Å²) in [5.74, 6) is 0.122. The summed E-state index contributed by atoms with van der Waals surface area (Å²) in [4.78, 5) is 14.4. The van der Waals surface area contributed by atoms with Gasteiger partial charge in [-0.1, -0.05) is 6.07 Å². The lowest BCUT2D eigenvalue weighted by Crippen LogP contribution is -2.36. The first kappa shape index (κ1) is 13.3. The minimum absolute atomic E-state index is 0.0854. The first-order valence-electron chi connectivity index (χ1n) is 5.67. The number of rotatable bonds is 3. The molecule has 6 heteroatoms. The van der Waals surface area contributed by atoms with Crippen LogP contribution in [0.25, 0.3) is 6.08 Å². The van der Waals surface area contributed by atoms with Crippen LogP contribution in [0.5, 0.6) is 0 Å². The van der Waals surface area contributed by atoms with E-state index in [1.54, 1.807) is 24.5 Å². The molecule has 1 unspecified atom stereocenters. The van der Waals surface area contributed by atoms with Crippen molar-refractivity contribution in [2.75, 3.05) is 18.6 Å². The Bertz CT molecular complexity index is 546. The van der Waals surface area contributed by atoms with Gasteiger partial charge in [-0.25, -0.2) is 8.42 Å². The Morgan fingerprint density at radius 1 is 1.56 bits per heavy atom. The first-order chi connectivity index (χ1) is 8.48. The van der Waals surface area contributed by atoms with E-state index in [1.807, 2.05) is 17.5 Å². The summed E-state index contributed by atoms with van der Waals surface area (Å²) in [7, 11) is -1.29. The lowest BCUT2D eigenvalue weighted by atomic mass is 10.2. The molecule has 0 bridgehead atoms. The maximum Gasteiger partial charge on any atom is 0.246 e. The van der Waals surface area contributed by atoms with Crippen molar-refractivity contribution < 1.29 is 13.2 Å². The van der Waals surface area contributed by atoms with Crippen LogP contribution in [0, 0.1) is 0 Å². The third-order valence-corrected chi connectivity index (χ3v) is 5.63. The fourth-order valence-corrected chi connectivity index (χ4v) is 4.31. The molecule has 1 atom stereocenters. The van der Waals surface area contributed by atoms with E-state index in [1.165, 1.54) is 11.0 Å². The van der Waals surface area contributed by atoms with Gasteiger partial charge in [-0.05, 0) is 23.9 Å². The Kier molecular flexibility index (Phi) is 3.87. The van der Waals surface area contributed by atoms with Gasteiger partial charge in [-0.3, -0.25) is 4.79 Å². The molecule has 0 saturated carbocycles. The van der Waals surface area contributed by atoms with Gasteiger partial charge in [-0.15, -0.1) is 11.3 Å². The summed E-state index contributed by atoms with van der Waals surface area (Å²) >= 11 is 1.56. The summed E-state index contributed by atoms with van der Waals surface area (Å²) in [6.07, 6.45) is 3.79. The zero-order valence-corrected chi connectivity index (χ0v) is 11.7. The molecule has 0 N–H and O–H groups in total. The Balaban J connectivity index is 1.97. The van der Waals surface area contributed by atoms with Crippen molar-refractivity contribution in [1.82, 2.24) is 4.90 Å². The van der Waals surface area contributed by atoms with E-state index in [0.717, 1.165) is 4.88 Å². The topological polar surface area (TPSA) is 54.5 Å². The maximum absolute atomic E-state index is 11.9. The second kappa shape index (κ2) is 5.24. The van der Waals surface area contributed by atoms with Crippen LogP contribution in [0.3, 0.4) is 0 Å². The van der Waals surface area contributed by atoms with E-state index < -0.39 is 9.84 Å². The summed E-state index contributed by atoms with van der Waals surface area (Å²) in [6, 6.07) is 3.66. The molecule has 4 nitrogen and oxygen atoms in total. The molecule has 0 aliphatic carbocycles. The van der Waals surface area contributed by atoms with E-state index in [9.17, 15) is 13.2 Å². The maximum atomic E-state index is 11.9. The molecule has 98 valence electrons. The van der Waals surface area contributed by atoms with Gasteiger partial charge in [0.05, 0.1) is 11.5 Å². The van der Waals surface area contributed by atoms with Gasteiger partial charge in [0.2, 0.25) is 5.91 Å². The Labute approximate surface area is 111 Å². The molecule has 0 radical (unpaired) electrons. The van der Waals surface area contributed by atoms with Crippen LogP contribution in [-0.4, -0.2) is 43.8 Å².